The average Bonchev–Trinajstić information content (AvgIpc) is 2.51. The molecule has 1 aliphatic carbocycles. The highest BCUT2D eigenvalue weighted by Crippen LogP contribution is 2.36. The van der Waals surface area contributed by atoms with Crippen LogP contribution < -0.4 is 9.88 Å². The minimum atomic E-state index is -4.79. The van der Waals surface area contributed by atoms with E-state index in [-0.39, 0.29) is 18.6 Å². The van der Waals surface area contributed by atoms with Crippen molar-refractivity contribution in [2.45, 2.75) is 42.9 Å². The number of methoxy groups -OCH3 is 1. The number of hydrogen-bond acceptors (Lipinski definition) is 5. The van der Waals surface area contributed by atoms with Crippen LogP contribution in [0.4, 0.5) is 13.2 Å². The summed E-state index contributed by atoms with van der Waals surface area (Å²) in [6.45, 7) is 0.0846. The summed E-state index contributed by atoms with van der Waals surface area (Å²) in [6.07, 6.45) is -0.620. The van der Waals surface area contributed by atoms with E-state index in [2.05, 4.69) is 4.98 Å². The molecule has 0 saturated heterocycles. The van der Waals surface area contributed by atoms with Crippen LogP contribution in [0.1, 0.15) is 31.2 Å². The highest BCUT2D eigenvalue weighted by atomic mass is 32.2. The standard InChI is InChI=1S/C14H19F3N2O4S/c1-22-10-4-2-9(3-5-10)8-23-13-12(14(15,16)17)6-11(7-19-13)24(18,20)21/h6-7,9-10H,2-5,8H2,1H3,(H2,18,20,21)/t9-,10-. The predicted octanol–water partition coefficient (Wildman–Crippen LogP) is 2.33. The van der Waals surface area contributed by atoms with Crippen LogP contribution in [0.15, 0.2) is 17.2 Å². The van der Waals surface area contributed by atoms with Crippen molar-refractivity contribution in [3.8, 4) is 5.88 Å². The number of rotatable bonds is 5. The first-order valence-electron chi connectivity index (χ1n) is 7.37. The average molecular weight is 368 g/mol. The van der Waals surface area contributed by atoms with E-state index in [0.717, 1.165) is 31.9 Å². The van der Waals surface area contributed by atoms with E-state index >= 15 is 0 Å². The SMILES string of the molecule is CO[C@H]1CC[C@H](COc2ncc(S(N)(=O)=O)cc2C(F)(F)F)CC1. The molecule has 0 aromatic carbocycles. The zero-order valence-corrected chi connectivity index (χ0v) is 13.9. The summed E-state index contributed by atoms with van der Waals surface area (Å²) < 4.78 is 72.2. The number of primary sulfonamides is 1. The van der Waals surface area contributed by atoms with E-state index in [4.69, 9.17) is 14.6 Å². The van der Waals surface area contributed by atoms with Crippen LogP contribution in [0, 0.1) is 5.92 Å². The van der Waals surface area contributed by atoms with Crippen molar-refractivity contribution in [2.75, 3.05) is 13.7 Å². The van der Waals surface area contributed by atoms with Gasteiger partial charge in [0.25, 0.3) is 0 Å². The fourth-order valence-electron chi connectivity index (χ4n) is 2.64. The molecule has 0 atom stereocenters. The third-order valence-electron chi connectivity index (χ3n) is 4.04. The lowest BCUT2D eigenvalue weighted by atomic mass is 9.88. The smallest absolute Gasteiger partial charge is 0.421 e. The maximum atomic E-state index is 13.1. The molecule has 2 rings (SSSR count). The summed E-state index contributed by atoms with van der Waals surface area (Å²) in [4.78, 5) is 2.80. The summed E-state index contributed by atoms with van der Waals surface area (Å²) >= 11 is 0. The van der Waals surface area contributed by atoms with E-state index in [0.29, 0.717) is 6.07 Å². The number of nitrogens with zero attached hydrogens (tertiary/aromatic N) is 1. The predicted molar refractivity (Wildman–Crippen MR) is 78.9 cm³/mol. The number of nitrogens with two attached hydrogens (primary N) is 1. The van der Waals surface area contributed by atoms with Crippen molar-refractivity contribution in [3.05, 3.63) is 17.8 Å². The van der Waals surface area contributed by atoms with Gasteiger partial charge in [-0.15, -0.1) is 0 Å². The molecule has 1 aliphatic rings. The van der Waals surface area contributed by atoms with Crippen molar-refractivity contribution in [1.82, 2.24) is 4.98 Å². The lowest BCUT2D eigenvalue weighted by Gasteiger charge is -2.27. The first kappa shape index (κ1) is 18.9. The van der Waals surface area contributed by atoms with Gasteiger partial charge in [0, 0.05) is 7.11 Å². The second kappa shape index (κ2) is 7.24. The molecule has 1 aromatic heterocycles. The Morgan fingerprint density at radius 1 is 1.29 bits per heavy atom. The van der Waals surface area contributed by atoms with Gasteiger partial charge in [-0.25, -0.2) is 18.5 Å². The molecule has 0 amide bonds. The Morgan fingerprint density at radius 2 is 1.92 bits per heavy atom. The van der Waals surface area contributed by atoms with Gasteiger partial charge in [-0.3, -0.25) is 0 Å². The lowest BCUT2D eigenvalue weighted by molar-refractivity contribution is -0.139. The quantitative estimate of drug-likeness (QED) is 0.861. The van der Waals surface area contributed by atoms with Gasteiger partial charge in [-0.2, -0.15) is 13.2 Å². The monoisotopic (exact) mass is 368 g/mol. The van der Waals surface area contributed by atoms with E-state index < -0.39 is 32.5 Å². The van der Waals surface area contributed by atoms with Crippen LogP contribution in [-0.4, -0.2) is 33.2 Å². The molecule has 6 nitrogen and oxygen atoms in total. The van der Waals surface area contributed by atoms with E-state index in [1.165, 1.54) is 0 Å². The normalized spacial score (nSPS) is 22.4. The molecule has 2 N–H and O–H groups in total. The number of ether oxygens (including phenoxy) is 2. The zero-order valence-electron chi connectivity index (χ0n) is 13.0. The summed E-state index contributed by atoms with van der Waals surface area (Å²) in [6, 6.07) is 0.444. The van der Waals surface area contributed by atoms with Gasteiger partial charge < -0.3 is 9.47 Å². The summed E-state index contributed by atoms with van der Waals surface area (Å²) in [5, 5.41) is 4.85. The molecule has 1 heterocycles. The fraction of sp³-hybridized carbons (Fsp3) is 0.643. The molecule has 0 aliphatic heterocycles. The summed E-state index contributed by atoms with van der Waals surface area (Å²) in [5.74, 6) is -0.527. The molecule has 136 valence electrons. The van der Waals surface area contributed by atoms with Gasteiger partial charge >= 0.3 is 6.18 Å². The maximum Gasteiger partial charge on any atom is 0.421 e. The number of alkyl halides is 3. The van der Waals surface area contributed by atoms with Crippen molar-refractivity contribution in [2.24, 2.45) is 11.1 Å². The van der Waals surface area contributed by atoms with Crippen LogP contribution in [0.2, 0.25) is 0 Å². The topological polar surface area (TPSA) is 91.5 Å². The van der Waals surface area contributed by atoms with Gasteiger partial charge in [-0.05, 0) is 37.7 Å². The minimum absolute atomic E-state index is 0.0846. The van der Waals surface area contributed by atoms with Gasteiger partial charge in [0.2, 0.25) is 15.9 Å². The fourth-order valence-corrected chi connectivity index (χ4v) is 3.12. The molecule has 0 unspecified atom stereocenters. The first-order valence-corrected chi connectivity index (χ1v) is 8.91. The summed E-state index contributed by atoms with van der Waals surface area (Å²) in [5.41, 5.74) is -1.25. The van der Waals surface area contributed by atoms with Gasteiger partial charge in [-0.1, -0.05) is 0 Å². The van der Waals surface area contributed by atoms with E-state index in [9.17, 15) is 21.6 Å². The molecule has 1 aromatic rings. The second-order valence-electron chi connectivity index (χ2n) is 5.76. The highest BCUT2D eigenvalue weighted by molar-refractivity contribution is 7.89. The van der Waals surface area contributed by atoms with Crippen LogP contribution >= 0.6 is 0 Å². The third kappa shape index (κ3) is 4.81. The van der Waals surface area contributed by atoms with Crippen LogP contribution in [0.3, 0.4) is 0 Å². The molecule has 1 saturated carbocycles. The Bertz CT molecular complexity index is 671. The number of sulfonamides is 1. The van der Waals surface area contributed by atoms with Crippen molar-refractivity contribution < 1.29 is 31.1 Å². The molecular weight excluding hydrogens is 349 g/mol. The maximum absolute atomic E-state index is 13.1. The van der Waals surface area contributed by atoms with Crippen molar-refractivity contribution >= 4 is 10.0 Å². The van der Waals surface area contributed by atoms with Crippen molar-refractivity contribution in [3.63, 3.8) is 0 Å². The highest BCUT2D eigenvalue weighted by Gasteiger charge is 2.37. The largest absolute Gasteiger partial charge is 0.477 e. The van der Waals surface area contributed by atoms with Gasteiger partial charge in [0.15, 0.2) is 0 Å². The van der Waals surface area contributed by atoms with Crippen LogP contribution in [-0.2, 0) is 20.9 Å². The summed E-state index contributed by atoms with van der Waals surface area (Å²) in [7, 11) is -2.65. The number of pyridine rings is 1. The molecule has 0 radical (unpaired) electrons. The minimum Gasteiger partial charge on any atom is -0.477 e. The van der Waals surface area contributed by atoms with Gasteiger partial charge in [0.05, 0.1) is 18.9 Å². The third-order valence-corrected chi connectivity index (χ3v) is 4.92. The second-order valence-corrected chi connectivity index (χ2v) is 7.32. The Hall–Kier alpha value is -1.39. The number of halogens is 3. The van der Waals surface area contributed by atoms with Crippen LogP contribution in [0.5, 0.6) is 5.88 Å². The molecule has 1 fully saturated rings. The Balaban J connectivity index is 2.12. The Kier molecular flexibility index (Phi) is 5.71. The zero-order chi connectivity index (χ0) is 18.0. The first-order chi connectivity index (χ1) is 11.1. The Morgan fingerprint density at radius 3 is 2.42 bits per heavy atom. The molecule has 10 heteroatoms. The Labute approximate surface area is 138 Å². The molecule has 0 bridgehead atoms. The number of hydrogen-bond donors (Lipinski definition) is 1. The molecule has 0 spiro atoms. The lowest BCUT2D eigenvalue weighted by Crippen LogP contribution is -2.25. The van der Waals surface area contributed by atoms with E-state index in [1.807, 2.05) is 0 Å². The van der Waals surface area contributed by atoms with Crippen LogP contribution in [0.25, 0.3) is 0 Å². The van der Waals surface area contributed by atoms with Gasteiger partial charge in [0.1, 0.15) is 10.5 Å². The molecular formula is C14H19F3N2O4S. The van der Waals surface area contributed by atoms with Crippen molar-refractivity contribution in [1.29, 1.82) is 0 Å². The van der Waals surface area contributed by atoms with E-state index in [1.54, 1.807) is 7.11 Å². The number of aromatic nitrogens is 1. The molecule has 24 heavy (non-hydrogen) atoms.